The largest absolute Gasteiger partial charge is 0.490 e. The van der Waals surface area contributed by atoms with Gasteiger partial charge >= 0.3 is 0 Å². The van der Waals surface area contributed by atoms with Crippen LogP contribution in [-0.2, 0) is 16.3 Å². The van der Waals surface area contributed by atoms with Gasteiger partial charge in [-0.15, -0.1) is 0 Å². The Morgan fingerprint density at radius 1 is 0.925 bits per heavy atom. The van der Waals surface area contributed by atoms with Gasteiger partial charge in [0.1, 0.15) is 23.5 Å². The predicted octanol–water partition coefficient (Wildman–Crippen LogP) is 6.50. The minimum absolute atomic E-state index is 0.0407. The normalized spacial score (nSPS) is 17.2. The number of nitrogens with zero attached hydrogens (tertiary/aromatic N) is 4. The number of likely N-dealkylation sites (tertiary alicyclic amines) is 1. The molecule has 0 bridgehead atoms. The van der Waals surface area contributed by atoms with Gasteiger partial charge in [-0.3, -0.25) is 9.69 Å². The molecule has 0 amide bonds. The van der Waals surface area contributed by atoms with E-state index in [1.807, 2.05) is 12.1 Å². The highest BCUT2D eigenvalue weighted by Gasteiger charge is 2.39. The summed E-state index contributed by atoms with van der Waals surface area (Å²) in [6.07, 6.45) is 6.08. The predicted molar refractivity (Wildman–Crippen MR) is 192 cm³/mol. The molecular formula is C39H34F3N5O5S. The molecule has 0 unspecified atom stereocenters. The molecule has 8 rings (SSSR count). The lowest BCUT2D eigenvalue weighted by Gasteiger charge is -2.41. The van der Waals surface area contributed by atoms with Gasteiger partial charge in [-0.1, -0.05) is 24.3 Å². The van der Waals surface area contributed by atoms with Crippen LogP contribution in [0.1, 0.15) is 39.9 Å². The zero-order chi connectivity index (χ0) is 37.0. The van der Waals surface area contributed by atoms with Crippen LogP contribution in [0.25, 0.3) is 22.9 Å². The molecular weight excluding hydrogens is 708 g/mol. The van der Waals surface area contributed by atoms with Gasteiger partial charge in [0.15, 0.2) is 27.3 Å². The lowest BCUT2D eigenvalue weighted by molar-refractivity contribution is 0.0826. The van der Waals surface area contributed by atoms with E-state index >= 15 is 4.39 Å². The van der Waals surface area contributed by atoms with Crippen molar-refractivity contribution in [1.29, 1.82) is 0 Å². The lowest BCUT2D eigenvalue weighted by atomic mass is 9.97. The topological polar surface area (TPSA) is 130 Å². The van der Waals surface area contributed by atoms with E-state index in [9.17, 15) is 22.0 Å². The van der Waals surface area contributed by atoms with Gasteiger partial charge in [-0.25, -0.2) is 31.3 Å². The number of ketones is 1. The summed E-state index contributed by atoms with van der Waals surface area (Å²) in [5, 5.41) is 4.35. The third kappa shape index (κ3) is 6.68. The number of pyridine rings is 1. The molecule has 2 N–H and O–H groups in total. The number of fused-ring (bicyclic) bond motifs is 1. The van der Waals surface area contributed by atoms with Crippen LogP contribution >= 0.6 is 0 Å². The number of hydrogen-bond acceptors (Lipinski definition) is 9. The summed E-state index contributed by atoms with van der Waals surface area (Å²) in [7, 11) is -2.92. The maximum atomic E-state index is 15.2. The molecule has 2 aromatic heterocycles. The van der Waals surface area contributed by atoms with Crippen LogP contribution < -0.4 is 15.2 Å². The molecule has 2 aliphatic heterocycles. The van der Waals surface area contributed by atoms with E-state index in [-0.39, 0.29) is 53.1 Å². The molecule has 2 saturated heterocycles. The van der Waals surface area contributed by atoms with Crippen molar-refractivity contribution in [3.8, 4) is 34.2 Å². The smallest absolute Gasteiger partial charge is 0.219 e. The molecule has 10 nitrogen and oxygen atoms in total. The molecule has 272 valence electrons. The maximum absolute atomic E-state index is 15.2. The van der Waals surface area contributed by atoms with Crippen LogP contribution in [0.4, 0.5) is 19.0 Å². The molecule has 53 heavy (non-hydrogen) atoms. The van der Waals surface area contributed by atoms with E-state index in [1.165, 1.54) is 35.3 Å². The molecule has 0 saturated carbocycles. The zero-order valence-corrected chi connectivity index (χ0v) is 29.4. The minimum atomic E-state index is -2.92. The van der Waals surface area contributed by atoms with Crippen LogP contribution in [0.3, 0.4) is 0 Å². The molecule has 4 heterocycles. The molecule has 1 aliphatic carbocycles. The van der Waals surface area contributed by atoms with Crippen molar-refractivity contribution in [3.63, 3.8) is 0 Å². The molecule has 3 aromatic carbocycles. The molecule has 2 fully saturated rings. The number of nitrogens with two attached hydrogens (primary N) is 1. The average molecular weight is 742 g/mol. The van der Waals surface area contributed by atoms with E-state index in [0.29, 0.717) is 59.6 Å². The number of piperidine rings is 1. The summed E-state index contributed by atoms with van der Waals surface area (Å²) in [4.78, 5) is 20.3. The number of aromatic nitrogens is 3. The Morgan fingerprint density at radius 3 is 2.34 bits per heavy atom. The first kappa shape index (κ1) is 34.6. The summed E-state index contributed by atoms with van der Waals surface area (Å²) in [5.74, 6) is -2.11. The summed E-state index contributed by atoms with van der Waals surface area (Å²) in [5.41, 5.74) is 10.7. The lowest BCUT2D eigenvalue weighted by Crippen LogP contribution is -2.56. The number of hydrogen-bond donors (Lipinski definition) is 1. The van der Waals surface area contributed by atoms with Gasteiger partial charge in [0.2, 0.25) is 11.6 Å². The van der Waals surface area contributed by atoms with Gasteiger partial charge in [-0.2, -0.15) is 5.10 Å². The molecule has 0 atom stereocenters. The first-order valence-electron chi connectivity index (χ1n) is 17.1. The Kier molecular flexibility index (Phi) is 8.81. The summed E-state index contributed by atoms with van der Waals surface area (Å²) in [6, 6.07) is 15.1. The fourth-order valence-electron chi connectivity index (χ4n) is 7.17. The Morgan fingerprint density at radius 2 is 1.64 bits per heavy atom. The van der Waals surface area contributed by atoms with Gasteiger partial charge in [0.05, 0.1) is 35.2 Å². The quantitative estimate of drug-likeness (QED) is 0.169. The molecule has 3 aliphatic rings. The third-order valence-electron chi connectivity index (χ3n) is 10.0. The summed E-state index contributed by atoms with van der Waals surface area (Å²) < 4.78 is 80.1. The summed E-state index contributed by atoms with van der Waals surface area (Å²) in [6.45, 7) is 3.14. The van der Waals surface area contributed by atoms with Crippen LogP contribution in [0.2, 0.25) is 0 Å². The van der Waals surface area contributed by atoms with E-state index in [2.05, 4.69) is 15.0 Å². The first-order chi connectivity index (χ1) is 25.4. The van der Waals surface area contributed by atoms with Crippen molar-refractivity contribution in [1.82, 2.24) is 19.7 Å². The summed E-state index contributed by atoms with van der Waals surface area (Å²) >= 11 is 0. The Labute approximate surface area is 303 Å². The second-order valence-electron chi connectivity index (χ2n) is 13.6. The van der Waals surface area contributed by atoms with Crippen LogP contribution in [0, 0.1) is 24.4 Å². The van der Waals surface area contributed by atoms with Crippen molar-refractivity contribution in [2.75, 3.05) is 30.3 Å². The van der Waals surface area contributed by atoms with E-state index < -0.39 is 33.0 Å². The highest BCUT2D eigenvalue weighted by atomic mass is 32.2. The van der Waals surface area contributed by atoms with E-state index in [1.54, 1.807) is 31.2 Å². The number of sulfone groups is 1. The Bertz CT molecular complexity index is 2390. The number of allylic oxidation sites excluding steroid dienone is 1. The monoisotopic (exact) mass is 741 g/mol. The van der Waals surface area contributed by atoms with Crippen molar-refractivity contribution < 1.29 is 35.9 Å². The highest BCUT2D eigenvalue weighted by Crippen LogP contribution is 2.40. The van der Waals surface area contributed by atoms with Crippen LogP contribution in [-0.4, -0.2) is 70.6 Å². The standard InChI is InChI=1S/C39H34F3N5O5S/c1-22-13-36(52-38-32(41)7-4-8-33(38)42)44-19-34(22)47-39(43)30(18-45-47)37(48)25-14-23-16-29(28-5-2-3-6-31(28)40)35(17-24(23)15-25)51-27-9-11-46(12-10-27)26-20-53(49,50)21-26/h2-8,13,15-19,26-27H,9-12,14,20-21,43H2,1H3. The second-order valence-corrected chi connectivity index (χ2v) is 15.8. The third-order valence-corrected chi connectivity index (χ3v) is 11.8. The molecule has 14 heteroatoms. The van der Waals surface area contributed by atoms with Gasteiger partial charge in [0.25, 0.3) is 0 Å². The van der Waals surface area contributed by atoms with Crippen molar-refractivity contribution >= 4 is 27.5 Å². The highest BCUT2D eigenvalue weighted by molar-refractivity contribution is 7.92. The van der Waals surface area contributed by atoms with Crippen LogP contribution in [0.5, 0.6) is 17.4 Å². The Hall–Kier alpha value is -5.47. The Balaban J connectivity index is 1.02. The number of benzene rings is 3. The number of Topliss-reactive ketones (excluding diaryl/α,β-unsaturated/α-hetero) is 1. The van der Waals surface area contributed by atoms with Crippen molar-refractivity contribution in [2.45, 2.75) is 38.3 Å². The van der Waals surface area contributed by atoms with Gasteiger partial charge in [0, 0.05) is 48.3 Å². The fourth-order valence-corrected chi connectivity index (χ4v) is 8.67. The number of anilines is 1. The average Bonchev–Trinajstić information content (AvgIpc) is 3.72. The molecule has 0 radical (unpaired) electrons. The van der Waals surface area contributed by atoms with Crippen molar-refractivity contribution in [3.05, 3.63) is 118 Å². The molecule has 0 spiro atoms. The van der Waals surface area contributed by atoms with Crippen molar-refractivity contribution in [2.24, 2.45) is 0 Å². The van der Waals surface area contributed by atoms with Gasteiger partial charge in [-0.05, 0) is 72.9 Å². The fraction of sp³-hybridized carbons (Fsp3) is 0.256. The van der Waals surface area contributed by atoms with Gasteiger partial charge < -0.3 is 15.2 Å². The SMILES string of the molecule is Cc1cc(Oc2c(F)cccc2F)ncc1-n1ncc(C(=O)C2=Cc3cc(OC4CCN(C5CS(=O)(=O)C5)CC4)c(-c4ccccc4F)cc3C2)c1N. The maximum Gasteiger partial charge on any atom is 0.219 e. The number of halogens is 3. The zero-order valence-electron chi connectivity index (χ0n) is 28.6. The number of rotatable bonds is 9. The number of nitrogen functional groups attached to an aromatic ring is 1. The first-order valence-corrected chi connectivity index (χ1v) is 19.0. The molecule has 5 aromatic rings. The number of para-hydroxylation sites is 1. The number of ether oxygens (including phenoxy) is 2. The number of carbonyl (C=O) groups is 1. The number of carbonyl (C=O) groups excluding carboxylic acids is 1. The van der Waals surface area contributed by atoms with Crippen LogP contribution in [0.15, 0.2) is 78.6 Å². The number of aryl methyl sites for hydroxylation is 1. The second kappa shape index (κ2) is 13.5. The van der Waals surface area contributed by atoms with E-state index in [0.717, 1.165) is 23.3 Å². The van der Waals surface area contributed by atoms with E-state index in [4.69, 9.17) is 15.2 Å². The minimum Gasteiger partial charge on any atom is -0.490 e.